The van der Waals surface area contributed by atoms with E-state index in [1.807, 2.05) is 23.1 Å². The van der Waals surface area contributed by atoms with Crippen molar-refractivity contribution in [3.05, 3.63) is 71.8 Å². The average Bonchev–Trinajstić information content (AvgIpc) is 2.82. The predicted molar refractivity (Wildman–Crippen MR) is 121 cm³/mol. The lowest BCUT2D eigenvalue weighted by atomic mass is 9.85. The zero-order chi connectivity index (χ0) is 22.9. The number of likely N-dealkylation sites (tertiary alicyclic amines) is 1. The molecule has 0 N–H and O–H groups in total. The molecular formula is C25H30FN3O3. The fraction of sp³-hybridized carbons (Fsp3) is 0.400. The van der Waals surface area contributed by atoms with Gasteiger partial charge in [0.05, 0.1) is 5.69 Å². The van der Waals surface area contributed by atoms with E-state index in [0.717, 1.165) is 24.1 Å². The molecule has 2 heterocycles. The molecule has 1 aromatic carbocycles. The van der Waals surface area contributed by atoms with Crippen LogP contribution in [0, 0.1) is 11.7 Å². The van der Waals surface area contributed by atoms with Gasteiger partial charge in [0.2, 0.25) is 11.8 Å². The SMILES string of the molecule is COCC(=O)N(C)C(Cc1ccc(F)cc1)C1CCN(C(=O)/C=C/c2ccccn2)CC1. The Bertz CT molecular complexity index is 910. The van der Waals surface area contributed by atoms with E-state index in [1.54, 1.807) is 42.4 Å². The first kappa shape index (κ1) is 23.6. The van der Waals surface area contributed by atoms with Crippen LogP contribution in [0.1, 0.15) is 24.1 Å². The number of amides is 2. The van der Waals surface area contributed by atoms with Crippen LogP contribution in [0.3, 0.4) is 0 Å². The summed E-state index contributed by atoms with van der Waals surface area (Å²) in [7, 11) is 3.30. The average molecular weight is 440 g/mol. The number of methoxy groups -OCH3 is 1. The number of halogens is 1. The number of benzene rings is 1. The maximum Gasteiger partial charge on any atom is 0.248 e. The first-order chi connectivity index (χ1) is 15.5. The molecular weight excluding hydrogens is 409 g/mol. The second-order valence-corrected chi connectivity index (χ2v) is 8.09. The molecule has 1 aliphatic heterocycles. The summed E-state index contributed by atoms with van der Waals surface area (Å²) in [6, 6.07) is 11.9. The topological polar surface area (TPSA) is 62.7 Å². The van der Waals surface area contributed by atoms with E-state index in [-0.39, 0.29) is 36.2 Å². The fourth-order valence-corrected chi connectivity index (χ4v) is 4.13. The molecule has 1 unspecified atom stereocenters. The van der Waals surface area contributed by atoms with Crippen LogP contribution >= 0.6 is 0 Å². The Kier molecular flexibility index (Phi) is 8.50. The lowest BCUT2D eigenvalue weighted by Gasteiger charge is -2.40. The van der Waals surface area contributed by atoms with E-state index in [9.17, 15) is 14.0 Å². The molecule has 1 aromatic heterocycles. The molecule has 2 aromatic rings. The van der Waals surface area contributed by atoms with Gasteiger partial charge in [0.25, 0.3) is 0 Å². The third kappa shape index (κ3) is 6.47. The minimum absolute atomic E-state index is 0.0199. The van der Waals surface area contributed by atoms with Gasteiger partial charge in [-0.15, -0.1) is 0 Å². The summed E-state index contributed by atoms with van der Waals surface area (Å²) in [6.07, 6.45) is 7.19. The summed E-state index contributed by atoms with van der Waals surface area (Å²) in [5, 5.41) is 0. The zero-order valence-corrected chi connectivity index (χ0v) is 18.6. The fourth-order valence-electron chi connectivity index (χ4n) is 4.13. The minimum Gasteiger partial charge on any atom is -0.375 e. The molecule has 32 heavy (non-hydrogen) atoms. The van der Waals surface area contributed by atoms with E-state index in [4.69, 9.17) is 4.74 Å². The van der Waals surface area contributed by atoms with Gasteiger partial charge >= 0.3 is 0 Å². The molecule has 7 heteroatoms. The first-order valence-corrected chi connectivity index (χ1v) is 10.8. The Balaban J connectivity index is 1.64. The maximum absolute atomic E-state index is 13.3. The number of likely N-dealkylation sites (N-methyl/N-ethyl adjacent to an activating group) is 1. The van der Waals surface area contributed by atoms with Crippen LogP contribution in [0.4, 0.5) is 4.39 Å². The minimum atomic E-state index is -0.278. The monoisotopic (exact) mass is 439 g/mol. The summed E-state index contributed by atoms with van der Waals surface area (Å²) in [5.41, 5.74) is 1.72. The molecule has 170 valence electrons. The number of carbonyl (C=O) groups is 2. The number of carbonyl (C=O) groups excluding carboxylic acids is 2. The van der Waals surface area contributed by atoms with Gasteiger partial charge in [-0.2, -0.15) is 0 Å². The van der Waals surface area contributed by atoms with Crippen LogP contribution in [-0.2, 0) is 20.7 Å². The highest BCUT2D eigenvalue weighted by Gasteiger charge is 2.32. The van der Waals surface area contributed by atoms with Crippen LogP contribution < -0.4 is 0 Å². The summed E-state index contributed by atoms with van der Waals surface area (Å²) >= 11 is 0. The van der Waals surface area contributed by atoms with Gasteiger partial charge in [-0.25, -0.2) is 4.39 Å². The highest BCUT2D eigenvalue weighted by molar-refractivity contribution is 5.91. The summed E-state index contributed by atoms with van der Waals surface area (Å²) in [4.78, 5) is 32.9. The predicted octanol–water partition coefficient (Wildman–Crippen LogP) is 3.19. The number of aromatic nitrogens is 1. The Morgan fingerprint density at radius 3 is 2.56 bits per heavy atom. The summed E-state index contributed by atoms with van der Waals surface area (Å²) in [5.74, 6) is -0.168. The number of hydrogen-bond acceptors (Lipinski definition) is 4. The highest BCUT2D eigenvalue weighted by atomic mass is 19.1. The Hall–Kier alpha value is -3.06. The molecule has 1 atom stereocenters. The van der Waals surface area contributed by atoms with Gasteiger partial charge in [0, 0.05) is 45.6 Å². The lowest BCUT2D eigenvalue weighted by molar-refractivity contribution is -0.138. The van der Waals surface area contributed by atoms with Crippen molar-refractivity contribution in [3.63, 3.8) is 0 Å². The third-order valence-corrected chi connectivity index (χ3v) is 6.00. The van der Waals surface area contributed by atoms with Gasteiger partial charge in [0.1, 0.15) is 12.4 Å². The van der Waals surface area contributed by atoms with Crippen molar-refractivity contribution in [1.29, 1.82) is 0 Å². The molecule has 0 saturated carbocycles. The molecule has 3 rings (SSSR count). The standard InChI is InChI=1S/C25H30FN3O3/c1-28(25(31)18-32-2)23(17-19-6-8-21(26)9-7-19)20-12-15-29(16-13-20)24(30)11-10-22-5-3-4-14-27-22/h3-11,14,20,23H,12-13,15-18H2,1-2H3/b11-10+. The molecule has 0 aliphatic carbocycles. The summed E-state index contributed by atoms with van der Waals surface area (Å²) < 4.78 is 18.4. The second kappa shape index (κ2) is 11.5. The van der Waals surface area contributed by atoms with E-state index in [0.29, 0.717) is 19.5 Å². The highest BCUT2D eigenvalue weighted by Crippen LogP contribution is 2.27. The van der Waals surface area contributed by atoms with Crippen LogP contribution in [0.2, 0.25) is 0 Å². The van der Waals surface area contributed by atoms with Crippen LogP contribution in [-0.4, -0.2) is 66.5 Å². The molecule has 0 bridgehead atoms. The normalized spacial score (nSPS) is 15.7. The van der Waals surface area contributed by atoms with Crippen molar-refractivity contribution in [1.82, 2.24) is 14.8 Å². The quantitative estimate of drug-likeness (QED) is 0.593. The second-order valence-electron chi connectivity index (χ2n) is 8.09. The van der Waals surface area contributed by atoms with Crippen LogP contribution in [0.15, 0.2) is 54.7 Å². The van der Waals surface area contributed by atoms with Crippen molar-refractivity contribution in [2.75, 3.05) is 33.9 Å². The van der Waals surface area contributed by atoms with Gasteiger partial charge in [0.15, 0.2) is 0 Å². The number of ether oxygens (including phenoxy) is 1. The lowest BCUT2D eigenvalue weighted by Crippen LogP contribution is -2.49. The Morgan fingerprint density at radius 2 is 1.94 bits per heavy atom. The molecule has 1 aliphatic rings. The number of hydrogen-bond donors (Lipinski definition) is 0. The number of pyridine rings is 1. The molecule has 6 nitrogen and oxygen atoms in total. The molecule has 1 fully saturated rings. The molecule has 0 radical (unpaired) electrons. The first-order valence-electron chi connectivity index (χ1n) is 10.8. The largest absolute Gasteiger partial charge is 0.375 e. The van der Waals surface area contributed by atoms with Crippen molar-refractivity contribution in [3.8, 4) is 0 Å². The van der Waals surface area contributed by atoms with E-state index in [1.165, 1.54) is 19.2 Å². The number of rotatable bonds is 8. The third-order valence-electron chi connectivity index (χ3n) is 6.00. The van der Waals surface area contributed by atoms with E-state index < -0.39 is 0 Å². The van der Waals surface area contributed by atoms with Crippen molar-refractivity contribution < 1.29 is 18.7 Å². The van der Waals surface area contributed by atoms with Gasteiger partial charge in [-0.05, 0) is 61.1 Å². The van der Waals surface area contributed by atoms with Crippen LogP contribution in [0.5, 0.6) is 0 Å². The van der Waals surface area contributed by atoms with Crippen molar-refractivity contribution in [2.24, 2.45) is 5.92 Å². The van der Waals surface area contributed by atoms with Gasteiger partial charge < -0.3 is 14.5 Å². The molecule has 2 amide bonds. The summed E-state index contributed by atoms with van der Waals surface area (Å²) in [6.45, 7) is 1.27. The Labute approximate surface area is 188 Å². The van der Waals surface area contributed by atoms with Gasteiger partial charge in [-0.1, -0.05) is 18.2 Å². The molecule has 1 saturated heterocycles. The van der Waals surface area contributed by atoms with E-state index in [2.05, 4.69) is 4.98 Å². The van der Waals surface area contributed by atoms with Crippen molar-refractivity contribution >= 4 is 17.9 Å². The smallest absolute Gasteiger partial charge is 0.248 e. The number of nitrogens with zero attached hydrogens (tertiary/aromatic N) is 3. The Morgan fingerprint density at radius 1 is 1.22 bits per heavy atom. The van der Waals surface area contributed by atoms with Crippen LogP contribution in [0.25, 0.3) is 6.08 Å². The van der Waals surface area contributed by atoms with E-state index >= 15 is 0 Å². The molecule has 0 spiro atoms. The maximum atomic E-state index is 13.3. The number of piperidine rings is 1. The van der Waals surface area contributed by atoms with Crippen molar-refractivity contribution in [2.45, 2.75) is 25.3 Å². The zero-order valence-electron chi connectivity index (χ0n) is 18.6. The van der Waals surface area contributed by atoms with Gasteiger partial charge in [-0.3, -0.25) is 14.6 Å².